The molecule has 0 aliphatic heterocycles. The molecule has 1 atom stereocenters. The normalized spacial score (nSPS) is 12.3. The average molecular weight is 144 g/mol. The number of hydrogen-bond donors (Lipinski definition) is 0. The Bertz CT molecular complexity index is 63.3. The number of hydrogen-bond acceptors (Lipinski definition) is 0. The van der Waals surface area contributed by atoms with Gasteiger partial charge in [-0.25, -0.2) is 0 Å². The first-order valence-electron chi connectivity index (χ1n) is 3.76. The van der Waals surface area contributed by atoms with Crippen LogP contribution in [0.3, 0.4) is 0 Å². The minimum Gasteiger partial charge on any atom is -0.158 e. The molecule has 2 heteroatoms. The molecule has 0 saturated carbocycles. The molecule has 0 N–H and O–H groups in total. The third-order valence-corrected chi connectivity index (χ3v) is 3.77. The van der Waals surface area contributed by atoms with Crippen molar-refractivity contribution in [2.24, 2.45) is 0 Å². The van der Waals surface area contributed by atoms with Gasteiger partial charge in [0.25, 0.3) is 0 Å². The average Bonchev–Trinajstić information content (AvgIpc) is 1.64. The third kappa shape index (κ3) is 3.25. The second kappa shape index (κ2) is 4.33. The maximum atomic E-state index is 2.32. The summed E-state index contributed by atoms with van der Waals surface area (Å²) in [6.45, 7) is 11.6. The molecule has 0 aromatic carbocycles. The van der Waals surface area contributed by atoms with Crippen LogP contribution in [0.5, 0.6) is 0 Å². The van der Waals surface area contributed by atoms with Gasteiger partial charge in [-0.15, -0.1) is 0 Å². The highest BCUT2D eigenvalue weighted by Gasteiger charge is 2.18. The van der Waals surface area contributed by atoms with Gasteiger partial charge in [-0.05, 0) is 0 Å². The molecule has 0 amide bonds. The van der Waals surface area contributed by atoms with Crippen LogP contribution in [0.2, 0.25) is 11.6 Å². The fraction of sp³-hybridized carbons (Fsp3) is 1.00. The molecule has 0 saturated heterocycles. The van der Waals surface area contributed by atoms with E-state index in [1.807, 2.05) is 0 Å². The molecule has 0 aromatic heterocycles. The van der Waals surface area contributed by atoms with E-state index in [2.05, 4.69) is 34.4 Å². The maximum absolute atomic E-state index is 2.32. The minimum atomic E-state index is 0.869. The van der Waals surface area contributed by atoms with E-state index < -0.39 is 0 Å². The van der Waals surface area contributed by atoms with E-state index in [4.69, 9.17) is 0 Å². The van der Waals surface area contributed by atoms with Gasteiger partial charge in [0, 0.05) is 0 Å². The van der Waals surface area contributed by atoms with Gasteiger partial charge in [-0.3, -0.25) is 0 Å². The molecule has 54 valence electrons. The highest BCUT2D eigenvalue weighted by molar-refractivity contribution is 7.76. The summed E-state index contributed by atoms with van der Waals surface area (Å²) in [6, 6.07) is 0. The van der Waals surface area contributed by atoms with Crippen molar-refractivity contribution in [2.45, 2.75) is 39.3 Å². The largest absolute Gasteiger partial charge is 0.172 e. The van der Waals surface area contributed by atoms with Crippen molar-refractivity contribution in [2.75, 3.05) is 6.66 Å². The van der Waals surface area contributed by atoms with Crippen LogP contribution in [-0.4, -0.2) is 13.1 Å². The predicted molar refractivity (Wildman–Crippen MR) is 50.2 cm³/mol. The third-order valence-electron chi connectivity index (χ3n) is 1.77. The van der Waals surface area contributed by atoms with E-state index in [1.54, 1.807) is 0 Å². The van der Waals surface area contributed by atoms with E-state index in [-0.39, 0.29) is 0 Å². The lowest BCUT2D eigenvalue weighted by Crippen LogP contribution is -2.14. The van der Waals surface area contributed by atoms with E-state index in [1.165, 1.54) is 0 Å². The molecule has 0 aromatic rings. The van der Waals surface area contributed by atoms with Crippen LogP contribution in [0.25, 0.3) is 0 Å². The van der Waals surface area contributed by atoms with Gasteiger partial charge >= 0.3 is 0 Å². The van der Waals surface area contributed by atoms with Crippen LogP contribution < -0.4 is 0 Å². The topological polar surface area (TPSA) is 0 Å². The zero-order valence-corrected chi connectivity index (χ0v) is 8.23. The van der Waals surface area contributed by atoms with Crippen LogP contribution in [0.1, 0.15) is 27.7 Å². The minimum absolute atomic E-state index is 0.869. The molecular formula is C7H18BP. The molecule has 0 heterocycles. The zero-order chi connectivity index (χ0) is 7.44. The number of rotatable bonds is 3. The van der Waals surface area contributed by atoms with Crippen molar-refractivity contribution in [3.05, 3.63) is 0 Å². The molecule has 0 aliphatic carbocycles. The first-order chi connectivity index (χ1) is 4.09. The van der Waals surface area contributed by atoms with E-state index in [0.717, 1.165) is 26.5 Å². The highest BCUT2D eigenvalue weighted by Crippen LogP contribution is 2.31. The monoisotopic (exact) mass is 144 g/mol. The van der Waals surface area contributed by atoms with Gasteiger partial charge in [0.1, 0.15) is 0 Å². The quantitative estimate of drug-likeness (QED) is 0.421. The summed E-state index contributed by atoms with van der Waals surface area (Å²) >= 11 is 0. The standard InChI is InChI=1S/C7H18BP/c1-6(2)8(9-5)7(3)4/h6-7,9H,1-5H3. The van der Waals surface area contributed by atoms with Crippen LogP contribution in [0.4, 0.5) is 0 Å². The Morgan fingerprint density at radius 2 is 1.33 bits per heavy atom. The fourth-order valence-corrected chi connectivity index (χ4v) is 2.77. The van der Waals surface area contributed by atoms with Gasteiger partial charge in [0.05, 0.1) is 0 Å². The van der Waals surface area contributed by atoms with Crippen LogP contribution in [-0.2, 0) is 0 Å². The summed E-state index contributed by atoms with van der Waals surface area (Å²) in [5, 5.41) is 0. The smallest absolute Gasteiger partial charge is 0.158 e. The molecule has 0 nitrogen and oxygen atoms in total. The van der Waals surface area contributed by atoms with Crippen molar-refractivity contribution >= 4 is 14.9 Å². The van der Waals surface area contributed by atoms with Crippen molar-refractivity contribution in [1.29, 1.82) is 0 Å². The molecule has 1 unspecified atom stereocenters. The summed E-state index contributed by atoms with van der Waals surface area (Å²) in [6.07, 6.45) is 0.949. The summed E-state index contributed by atoms with van der Waals surface area (Å²) in [5.74, 6) is 1.74. The Kier molecular flexibility index (Phi) is 4.57. The molecule has 0 fully saturated rings. The Balaban J connectivity index is 3.68. The Morgan fingerprint density at radius 1 is 1.00 bits per heavy atom. The Labute approximate surface area is 61.6 Å². The molecule has 0 aliphatic rings. The van der Waals surface area contributed by atoms with Crippen LogP contribution in [0.15, 0.2) is 0 Å². The summed E-state index contributed by atoms with van der Waals surface area (Å²) in [7, 11) is 1.11. The first kappa shape index (κ1) is 9.49. The zero-order valence-electron chi connectivity index (χ0n) is 7.23. The summed E-state index contributed by atoms with van der Waals surface area (Å²) in [4.78, 5) is 0. The van der Waals surface area contributed by atoms with Crippen molar-refractivity contribution in [1.82, 2.24) is 0 Å². The fourth-order valence-electron chi connectivity index (χ4n) is 1.44. The van der Waals surface area contributed by atoms with Crippen molar-refractivity contribution in [3.63, 3.8) is 0 Å². The molecule has 0 rings (SSSR count). The lowest BCUT2D eigenvalue weighted by Gasteiger charge is -2.18. The second-order valence-corrected chi connectivity index (χ2v) is 4.55. The van der Waals surface area contributed by atoms with Crippen molar-refractivity contribution in [3.8, 4) is 0 Å². The van der Waals surface area contributed by atoms with Gasteiger partial charge < -0.3 is 0 Å². The SMILES string of the molecule is CPB(C(C)C)C(C)C. The van der Waals surface area contributed by atoms with Gasteiger partial charge in [0.15, 0.2) is 6.43 Å². The first-order valence-corrected chi connectivity index (χ1v) is 5.34. The second-order valence-electron chi connectivity index (χ2n) is 3.30. The van der Waals surface area contributed by atoms with Crippen LogP contribution >= 0.6 is 8.46 Å². The predicted octanol–water partition coefficient (Wildman–Crippen LogP) is 3.11. The lowest BCUT2D eigenvalue weighted by atomic mass is 9.55. The van der Waals surface area contributed by atoms with Gasteiger partial charge in [0.2, 0.25) is 0 Å². The lowest BCUT2D eigenvalue weighted by molar-refractivity contribution is 0.963. The summed E-state index contributed by atoms with van der Waals surface area (Å²) in [5.41, 5.74) is 0. The molecule has 0 bridgehead atoms. The summed E-state index contributed by atoms with van der Waals surface area (Å²) < 4.78 is 0. The van der Waals surface area contributed by atoms with E-state index in [9.17, 15) is 0 Å². The molecule has 9 heavy (non-hydrogen) atoms. The Morgan fingerprint density at radius 3 is 1.33 bits per heavy atom. The molecule has 0 spiro atoms. The maximum Gasteiger partial charge on any atom is 0.172 e. The van der Waals surface area contributed by atoms with Gasteiger partial charge in [-0.2, -0.15) is 8.46 Å². The van der Waals surface area contributed by atoms with Crippen molar-refractivity contribution < 1.29 is 0 Å². The molecule has 0 radical (unpaired) electrons. The van der Waals surface area contributed by atoms with E-state index in [0.29, 0.717) is 0 Å². The Hall–Kier alpha value is 0.495. The molecular weight excluding hydrogens is 126 g/mol. The van der Waals surface area contributed by atoms with E-state index >= 15 is 0 Å². The van der Waals surface area contributed by atoms with Gasteiger partial charge in [-0.1, -0.05) is 46.0 Å². The van der Waals surface area contributed by atoms with Crippen LogP contribution in [0, 0.1) is 0 Å². The highest BCUT2D eigenvalue weighted by atomic mass is 31.1.